The van der Waals surface area contributed by atoms with Gasteiger partial charge in [-0.1, -0.05) is 19.1 Å². The number of pyridine rings is 1. The van der Waals surface area contributed by atoms with Crippen LogP contribution >= 0.6 is 0 Å². The predicted molar refractivity (Wildman–Crippen MR) is 105 cm³/mol. The fourth-order valence-corrected chi connectivity index (χ4v) is 2.48. The molecule has 0 saturated heterocycles. The lowest BCUT2D eigenvalue weighted by Gasteiger charge is -2.16. The fraction of sp³-hybridized carbons (Fsp3) is 0.250. The summed E-state index contributed by atoms with van der Waals surface area (Å²) in [6, 6.07) is 11.2. The third-order valence-corrected chi connectivity index (χ3v) is 4.05. The number of para-hydroxylation sites is 2. The van der Waals surface area contributed by atoms with Crippen LogP contribution in [0.25, 0.3) is 11.3 Å². The molecule has 0 amide bonds. The molecule has 9 heteroatoms. The largest absolute Gasteiger partial charge is 0.573 e. The second-order valence-corrected chi connectivity index (χ2v) is 6.33. The smallest absolute Gasteiger partial charge is 0.404 e. The highest BCUT2D eigenvalue weighted by atomic mass is 19.4. The lowest BCUT2D eigenvalue weighted by atomic mass is 10.2. The van der Waals surface area contributed by atoms with E-state index in [1.54, 1.807) is 30.6 Å². The second kappa shape index (κ2) is 8.76. The van der Waals surface area contributed by atoms with Crippen LogP contribution in [0.2, 0.25) is 0 Å². The van der Waals surface area contributed by atoms with Crippen LogP contribution in [0.15, 0.2) is 54.9 Å². The second-order valence-electron chi connectivity index (χ2n) is 6.33. The normalized spacial score (nSPS) is 12.3. The molecule has 0 saturated carbocycles. The number of ether oxygens (including phenoxy) is 1. The molecule has 29 heavy (non-hydrogen) atoms. The van der Waals surface area contributed by atoms with Gasteiger partial charge >= 0.3 is 6.36 Å². The number of anilines is 3. The maximum atomic E-state index is 12.7. The van der Waals surface area contributed by atoms with E-state index in [2.05, 4.69) is 30.3 Å². The van der Waals surface area contributed by atoms with E-state index in [1.807, 2.05) is 19.9 Å². The zero-order valence-corrected chi connectivity index (χ0v) is 15.9. The zero-order chi connectivity index (χ0) is 20.9. The number of halogens is 3. The Balaban J connectivity index is 1.98. The SMILES string of the molecule is CC[C@@H](C)Nc1nc(Nc2ccccc2OC(F)(F)F)cc(-c2cccnc2)n1. The third-order valence-electron chi connectivity index (χ3n) is 4.05. The lowest BCUT2D eigenvalue weighted by molar-refractivity contribution is -0.274. The molecule has 0 radical (unpaired) electrons. The Labute approximate surface area is 166 Å². The molecule has 0 spiro atoms. The van der Waals surface area contributed by atoms with Crippen molar-refractivity contribution < 1.29 is 17.9 Å². The number of benzene rings is 1. The molecule has 1 aromatic carbocycles. The van der Waals surface area contributed by atoms with Gasteiger partial charge in [-0.15, -0.1) is 13.2 Å². The van der Waals surface area contributed by atoms with Gasteiger partial charge in [-0.25, -0.2) is 4.98 Å². The minimum absolute atomic E-state index is 0.118. The van der Waals surface area contributed by atoms with E-state index < -0.39 is 6.36 Å². The molecule has 0 aliphatic heterocycles. The van der Waals surface area contributed by atoms with Gasteiger partial charge in [-0.3, -0.25) is 4.98 Å². The van der Waals surface area contributed by atoms with Crippen molar-refractivity contribution in [1.82, 2.24) is 15.0 Å². The number of hydrogen-bond donors (Lipinski definition) is 2. The summed E-state index contributed by atoms with van der Waals surface area (Å²) >= 11 is 0. The number of hydrogen-bond acceptors (Lipinski definition) is 6. The van der Waals surface area contributed by atoms with Crippen molar-refractivity contribution in [2.75, 3.05) is 10.6 Å². The molecule has 152 valence electrons. The molecule has 6 nitrogen and oxygen atoms in total. The highest BCUT2D eigenvalue weighted by molar-refractivity contribution is 5.69. The van der Waals surface area contributed by atoms with Gasteiger partial charge in [-0.05, 0) is 37.6 Å². The Bertz CT molecular complexity index is 950. The molecule has 0 fully saturated rings. The van der Waals surface area contributed by atoms with Crippen molar-refractivity contribution >= 4 is 17.5 Å². The van der Waals surface area contributed by atoms with E-state index >= 15 is 0 Å². The van der Waals surface area contributed by atoms with Crippen LogP contribution in [0, 0.1) is 0 Å². The summed E-state index contributed by atoms with van der Waals surface area (Å²) in [5.41, 5.74) is 1.47. The molecule has 0 bridgehead atoms. The molecule has 3 rings (SSSR count). The molecular formula is C20H20F3N5O. The number of alkyl halides is 3. The molecule has 2 aromatic heterocycles. The number of nitrogens with one attached hydrogen (secondary N) is 2. The van der Waals surface area contributed by atoms with Crippen LogP contribution in [-0.4, -0.2) is 27.4 Å². The van der Waals surface area contributed by atoms with Gasteiger partial charge < -0.3 is 15.4 Å². The van der Waals surface area contributed by atoms with E-state index in [4.69, 9.17) is 0 Å². The van der Waals surface area contributed by atoms with Crippen LogP contribution < -0.4 is 15.4 Å². The summed E-state index contributed by atoms with van der Waals surface area (Å²) in [7, 11) is 0. The summed E-state index contributed by atoms with van der Waals surface area (Å²) in [5, 5.41) is 6.09. The topological polar surface area (TPSA) is 72.0 Å². The first-order chi connectivity index (χ1) is 13.8. The molecular weight excluding hydrogens is 383 g/mol. The van der Waals surface area contributed by atoms with Crippen molar-refractivity contribution in [2.45, 2.75) is 32.7 Å². The maximum Gasteiger partial charge on any atom is 0.573 e. The van der Waals surface area contributed by atoms with Crippen LogP contribution in [0.1, 0.15) is 20.3 Å². The molecule has 1 atom stereocenters. The van der Waals surface area contributed by atoms with Crippen molar-refractivity contribution in [1.29, 1.82) is 0 Å². The Kier molecular flexibility index (Phi) is 6.16. The van der Waals surface area contributed by atoms with E-state index in [-0.39, 0.29) is 17.5 Å². The summed E-state index contributed by atoms with van der Waals surface area (Å²) in [6.45, 7) is 4.01. The van der Waals surface area contributed by atoms with E-state index in [0.717, 1.165) is 12.0 Å². The fourth-order valence-electron chi connectivity index (χ4n) is 2.48. The highest BCUT2D eigenvalue weighted by Gasteiger charge is 2.32. The monoisotopic (exact) mass is 403 g/mol. The lowest BCUT2D eigenvalue weighted by Crippen LogP contribution is -2.18. The van der Waals surface area contributed by atoms with Crippen molar-refractivity contribution in [2.24, 2.45) is 0 Å². The standard InChI is InChI=1S/C20H20F3N5O/c1-3-13(2)25-19-27-16(14-7-6-10-24-12-14)11-18(28-19)26-15-8-4-5-9-17(15)29-20(21,22)23/h4-13H,3H2,1-2H3,(H2,25,26,27,28)/t13-/m1/s1. The molecule has 3 aromatic rings. The number of rotatable bonds is 7. The van der Waals surface area contributed by atoms with Crippen molar-refractivity contribution in [3.63, 3.8) is 0 Å². The molecule has 0 unspecified atom stereocenters. The average molecular weight is 403 g/mol. The quantitative estimate of drug-likeness (QED) is 0.551. The van der Waals surface area contributed by atoms with Crippen LogP contribution in [0.5, 0.6) is 5.75 Å². The summed E-state index contributed by atoms with van der Waals surface area (Å²) < 4.78 is 42.2. The Morgan fingerprint density at radius 1 is 1.10 bits per heavy atom. The number of aromatic nitrogens is 3. The van der Waals surface area contributed by atoms with Crippen LogP contribution in [0.3, 0.4) is 0 Å². The summed E-state index contributed by atoms with van der Waals surface area (Å²) in [4.78, 5) is 13.0. The molecule has 2 N–H and O–H groups in total. The minimum atomic E-state index is -4.80. The Morgan fingerprint density at radius 2 is 1.90 bits per heavy atom. The average Bonchev–Trinajstić information content (AvgIpc) is 2.69. The van der Waals surface area contributed by atoms with Gasteiger partial charge in [0, 0.05) is 30.1 Å². The first-order valence-corrected chi connectivity index (χ1v) is 9.02. The van der Waals surface area contributed by atoms with Crippen LogP contribution in [-0.2, 0) is 0 Å². The van der Waals surface area contributed by atoms with Gasteiger partial charge in [0.1, 0.15) is 5.82 Å². The van der Waals surface area contributed by atoms with Crippen molar-refractivity contribution in [3.05, 3.63) is 54.9 Å². The molecule has 0 aliphatic rings. The van der Waals surface area contributed by atoms with Crippen molar-refractivity contribution in [3.8, 4) is 17.0 Å². The molecule has 0 aliphatic carbocycles. The van der Waals surface area contributed by atoms with Gasteiger partial charge in [0.2, 0.25) is 5.95 Å². The van der Waals surface area contributed by atoms with Gasteiger partial charge in [0.25, 0.3) is 0 Å². The first-order valence-electron chi connectivity index (χ1n) is 9.02. The highest BCUT2D eigenvalue weighted by Crippen LogP contribution is 2.32. The third kappa shape index (κ3) is 5.81. The van der Waals surface area contributed by atoms with E-state index in [0.29, 0.717) is 17.5 Å². The minimum Gasteiger partial charge on any atom is -0.404 e. The van der Waals surface area contributed by atoms with E-state index in [9.17, 15) is 13.2 Å². The van der Waals surface area contributed by atoms with Gasteiger partial charge in [0.05, 0.1) is 11.4 Å². The predicted octanol–water partition coefficient (Wildman–Crippen LogP) is 5.39. The van der Waals surface area contributed by atoms with Gasteiger partial charge in [0.15, 0.2) is 5.75 Å². The van der Waals surface area contributed by atoms with Gasteiger partial charge in [-0.2, -0.15) is 4.98 Å². The Morgan fingerprint density at radius 3 is 2.59 bits per heavy atom. The summed E-state index contributed by atoms with van der Waals surface area (Å²) in [5.74, 6) is 0.332. The maximum absolute atomic E-state index is 12.7. The number of nitrogens with zero attached hydrogens (tertiary/aromatic N) is 3. The van der Waals surface area contributed by atoms with Crippen LogP contribution in [0.4, 0.5) is 30.6 Å². The first kappa shape index (κ1) is 20.4. The zero-order valence-electron chi connectivity index (χ0n) is 15.9. The summed E-state index contributed by atoms with van der Waals surface area (Å²) in [6.07, 6.45) is -0.647. The Hall–Kier alpha value is -3.36. The van der Waals surface area contributed by atoms with E-state index in [1.165, 1.54) is 18.2 Å². The molecule has 2 heterocycles.